The summed E-state index contributed by atoms with van der Waals surface area (Å²) in [4.78, 5) is 27.4. The first kappa shape index (κ1) is 17.8. The second-order valence-corrected chi connectivity index (χ2v) is 9.60. The van der Waals surface area contributed by atoms with Gasteiger partial charge >= 0.3 is 0 Å². The minimum Gasteiger partial charge on any atom is -0.300 e. The highest BCUT2D eigenvalue weighted by Gasteiger charge is 2.61. The molecule has 0 aliphatic heterocycles. The Kier molecular flexibility index (Phi) is 4.07. The third kappa shape index (κ3) is 2.32. The fourth-order valence-corrected chi connectivity index (χ4v) is 7.45. The Labute approximate surface area is 155 Å². The fraction of sp³-hybridized carbons (Fsp3) is 0.810. The molecule has 3 saturated carbocycles. The number of fused-ring (bicyclic) bond motifs is 5. The normalized spacial score (nSPS) is 47.1. The van der Waals surface area contributed by atoms with Crippen LogP contribution in [0.4, 0.5) is 0 Å². The van der Waals surface area contributed by atoms with Gasteiger partial charge in [-0.1, -0.05) is 24.5 Å². The van der Waals surface area contributed by atoms with Crippen LogP contribution in [0.3, 0.4) is 0 Å². The van der Waals surface area contributed by atoms with E-state index in [9.17, 15) is 9.59 Å². The van der Waals surface area contributed by atoms with Crippen molar-refractivity contribution in [3.8, 4) is 0 Å². The lowest BCUT2D eigenvalue weighted by Crippen LogP contribution is -2.53. The summed E-state index contributed by atoms with van der Waals surface area (Å²) in [7, 11) is 0. The first-order valence-electron chi connectivity index (χ1n) is 10.1. The van der Waals surface area contributed by atoms with Crippen LogP contribution in [0.15, 0.2) is 16.8 Å². The molecule has 5 nitrogen and oxygen atoms in total. The summed E-state index contributed by atoms with van der Waals surface area (Å²) in [5.74, 6) is 2.25. The molecular formula is C21H29N3O2. The standard InChI is InChI=1S/C21H29N3O2/c1-12(25)15-4-5-16-14-11-19(23-24-22)18-10-13(26)6-8-21(18,3)17(14)7-9-20(15,16)2/h10,14-17,19H,4-9,11H2,1-3H3/t14-,15+,16-,17-,19?,20+,21+/m0/s1. The number of hydrogen-bond donors (Lipinski definition) is 0. The van der Waals surface area contributed by atoms with E-state index in [4.69, 9.17) is 5.53 Å². The molecule has 26 heavy (non-hydrogen) atoms. The Morgan fingerprint density at radius 2 is 2.00 bits per heavy atom. The van der Waals surface area contributed by atoms with Crippen LogP contribution in [-0.2, 0) is 9.59 Å². The summed E-state index contributed by atoms with van der Waals surface area (Å²) in [6.07, 6.45) is 8.44. The van der Waals surface area contributed by atoms with Gasteiger partial charge in [0.2, 0.25) is 0 Å². The number of carbonyl (C=O) groups is 2. The molecule has 3 fully saturated rings. The molecule has 0 spiro atoms. The highest BCUT2D eigenvalue weighted by molar-refractivity contribution is 5.92. The van der Waals surface area contributed by atoms with Gasteiger partial charge in [-0.05, 0) is 85.6 Å². The molecule has 4 rings (SSSR count). The van der Waals surface area contributed by atoms with Crippen molar-refractivity contribution in [3.05, 3.63) is 22.1 Å². The van der Waals surface area contributed by atoms with E-state index < -0.39 is 0 Å². The van der Waals surface area contributed by atoms with Crippen LogP contribution in [0.2, 0.25) is 0 Å². The Bertz CT molecular complexity index is 738. The molecular weight excluding hydrogens is 326 g/mol. The summed E-state index contributed by atoms with van der Waals surface area (Å²) in [6.45, 7) is 6.37. The van der Waals surface area contributed by atoms with Crippen LogP contribution in [-0.4, -0.2) is 17.6 Å². The maximum absolute atomic E-state index is 12.2. The lowest BCUT2D eigenvalue weighted by Gasteiger charge is -2.59. The fourth-order valence-electron chi connectivity index (χ4n) is 7.45. The molecule has 0 radical (unpaired) electrons. The molecule has 1 unspecified atom stereocenters. The summed E-state index contributed by atoms with van der Waals surface area (Å²) >= 11 is 0. The van der Waals surface area contributed by atoms with Crippen molar-refractivity contribution in [2.45, 2.75) is 71.8 Å². The van der Waals surface area contributed by atoms with Gasteiger partial charge in [-0.25, -0.2) is 0 Å². The van der Waals surface area contributed by atoms with Crippen LogP contribution in [0.1, 0.15) is 65.7 Å². The van der Waals surface area contributed by atoms with Crippen molar-refractivity contribution >= 4 is 11.6 Å². The van der Waals surface area contributed by atoms with Crippen molar-refractivity contribution in [1.29, 1.82) is 0 Å². The SMILES string of the molecule is CC(=O)[C@H]1CC[C@H]2[C@@H]3CC(N=[N+]=[N-])C4=CC(=O)CC[C@]4(C)[C@H]3CC[C@]12C. The van der Waals surface area contributed by atoms with E-state index in [1.54, 1.807) is 13.0 Å². The molecule has 4 aliphatic carbocycles. The lowest BCUT2D eigenvalue weighted by molar-refractivity contribution is -0.128. The highest BCUT2D eigenvalue weighted by atomic mass is 16.1. The van der Waals surface area contributed by atoms with Crippen molar-refractivity contribution in [2.24, 2.45) is 39.6 Å². The number of carbonyl (C=O) groups excluding carboxylic acids is 2. The van der Waals surface area contributed by atoms with Crippen molar-refractivity contribution in [2.75, 3.05) is 0 Å². The predicted molar refractivity (Wildman–Crippen MR) is 99.2 cm³/mol. The summed E-state index contributed by atoms with van der Waals surface area (Å²) in [6, 6.07) is -0.200. The molecule has 140 valence electrons. The van der Waals surface area contributed by atoms with Gasteiger partial charge in [0.15, 0.2) is 5.78 Å². The average Bonchev–Trinajstić information content (AvgIpc) is 2.94. The molecule has 4 aliphatic rings. The van der Waals surface area contributed by atoms with Gasteiger partial charge in [0, 0.05) is 17.3 Å². The Morgan fingerprint density at radius 1 is 1.23 bits per heavy atom. The van der Waals surface area contributed by atoms with E-state index in [2.05, 4.69) is 23.9 Å². The first-order chi connectivity index (χ1) is 12.3. The Balaban J connectivity index is 1.75. The van der Waals surface area contributed by atoms with Gasteiger partial charge in [-0.2, -0.15) is 0 Å². The highest BCUT2D eigenvalue weighted by Crippen LogP contribution is 2.66. The van der Waals surface area contributed by atoms with E-state index in [1.165, 1.54) is 0 Å². The molecule has 0 aromatic carbocycles. The van der Waals surface area contributed by atoms with Crippen LogP contribution in [0, 0.1) is 34.5 Å². The van der Waals surface area contributed by atoms with Crippen molar-refractivity contribution in [1.82, 2.24) is 0 Å². The number of nitrogens with zero attached hydrogens (tertiary/aromatic N) is 3. The zero-order valence-corrected chi connectivity index (χ0v) is 16.1. The number of rotatable bonds is 2. The van der Waals surface area contributed by atoms with Crippen LogP contribution < -0.4 is 0 Å². The molecule has 0 aromatic heterocycles. The predicted octanol–water partition coefficient (Wildman–Crippen LogP) is 5.01. The van der Waals surface area contributed by atoms with Crippen LogP contribution >= 0.6 is 0 Å². The van der Waals surface area contributed by atoms with E-state index in [0.717, 1.165) is 44.1 Å². The van der Waals surface area contributed by atoms with E-state index >= 15 is 0 Å². The average molecular weight is 355 g/mol. The summed E-state index contributed by atoms with van der Waals surface area (Å²) in [5.41, 5.74) is 10.2. The van der Waals surface area contributed by atoms with E-state index in [1.807, 2.05) is 0 Å². The molecule has 0 heterocycles. The van der Waals surface area contributed by atoms with Gasteiger partial charge in [-0.3, -0.25) is 9.59 Å². The van der Waals surface area contributed by atoms with Crippen molar-refractivity contribution < 1.29 is 9.59 Å². The van der Waals surface area contributed by atoms with Gasteiger partial charge in [-0.15, -0.1) is 0 Å². The molecule has 5 heteroatoms. The lowest BCUT2D eigenvalue weighted by atomic mass is 9.46. The first-order valence-corrected chi connectivity index (χ1v) is 10.1. The molecule has 0 saturated heterocycles. The second kappa shape index (κ2) is 5.95. The number of azide groups is 1. The maximum atomic E-state index is 12.2. The topological polar surface area (TPSA) is 82.9 Å². The smallest absolute Gasteiger partial charge is 0.155 e. The van der Waals surface area contributed by atoms with Gasteiger partial charge in [0.05, 0.1) is 6.04 Å². The number of ketones is 2. The summed E-state index contributed by atoms with van der Waals surface area (Å²) < 4.78 is 0. The monoisotopic (exact) mass is 355 g/mol. The molecule has 0 aromatic rings. The maximum Gasteiger partial charge on any atom is 0.155 e. The van der Waals surface area contributed by atoms with Gasteiger partial charge in [0.1, 0.15) is 5.78 Å². The largest absolute Gasteiger partial charge is 0.300 e. The third-order valence-electron chi connectivity index (χ3n) is 8.66. The Hall–Kier alpha value is -1.61. The second-order valence-electron chi connectivity index (χ2n) is 9.60. The van der Waals surface area contributed by atoms with E-state index in [0.29, 0.717) is 30.0 Å². The van der Waals surface area contributed by atoms with Crippen LogP contribution in [0.25, 0.3) is 10.4 Å². The number of hydrogen-bond acceptors (Lipinski definition) is 3. The minimum absolute atomic E-state index is 0.0364. The molecule has 0 N–H and O–H groups in total. The quantitative estimate of drug-likeness (QED) is 0.396. The third-order valence-corrected chi connectivity index (χ3v) is 8.66. The molecule has 7 atom stereocenters. The van der Waals surface area contributed by atoms with Crippen molar-refractivity contribution in [3.63, 3.8) is 0 Å². The zero-order valence-electron chi connectivity index (χ0n) is 16.1. The van der Waals surface area contributed by atoms with Crippen LogP contribution in [0.5, 0.6) is 0 Å². The van der Waals surface area contributed by atoms with Gasteiger partial charge < -0.3 is 0 Å². The number of Topliss-reactive ketones (excluding diaryl/α,β-unsaturated/α-hetero) is 1. The Morgan fingerprint density at radius 3 is 2.69 bits per heavy atom. The molecule has 0 bridgehead atoms. The summed E-state index contributed by atoms with van der Waals surface area (Å²) in [5, 5.41) is 4.12. The zero-order chi connectivity index (χ0) is 18.7. The van der Waals surface area contributed by atoms with E-state index in [-0.39, 0.29) is 28.6 Å². The minimum atomic E-state index is -0.200. The molecule has 0 amide bonds. The van der Waals surface area contributed by atoms with Gasteiger partial charge in [0.25, 0.3) is 0 Å².